The van der Waals surface area contributed by atoms with E-state index in [0.29, 0.717) is 5.69 Å². The minimum atomic E-state index is -0.859. The van der Waals surface area contributed by atoms with Crippen LogP contribution >= 0.6 is 15.9 Å². The Bertz CT molecular complexity index is 1130. The van der Waals surface area contributed by atoms with Crippen LogP contribution in [0.3, 0.4) is 0 Å². The maximum atomic E-state index is 13.4. The lowest BCUT2D eigenvalue weighted by Crippen LogP contribution is -2.39. The molecule has 0 saturated carbocycles. The van der Waals surface area contributed by atoms with Gasteiger partial charge in [-0.3, -0.25) is 14.4 Å². The lowest BCUT2D eigenvalue weighted by Gasteiger charge is -2.26. The molecule has 31 heavy (non-hydrogen) atoms. The number of hydrogen-bond acceptors (Lipinski definition) is 4. The van der Waals surface area contributed by atoms with Crippen LogP contribution in [0.1, 0.15) is 5.56 Å². The number of amides is 2. The zero-order valence-electron chi connectivity index (χ0n) is 16.5. The summed E-state index contributed by atoms with van der Waals surface area (Å²) in [6, 6.07) is 26.1. The van der Waals surface area contributed by atoms with Gasteiger partial charge in [-0.25, -0.2) is 9.96 Å². The molecular weight excluding hydrogens is 456 g/mol. The van der Waals surface area contributed by atoms with E-state index >= 15 is 0 Å². The van der Waals surface area contributed by atoms with Crippen LogP contribution in [0.5, 0.6) is 0 Å². The van der Waals surface area contributed by atoms with E-state index in [1.807, 2.05) is 84.9 Å². The van der Waals surface area contributed by atoms with E-state index in [4.69, 9.17) is 4.84 Å². The summed E-state index contributed by atoms with van der Waals surface area (Å²) in [6.45, 7) is 0. The zero-order valence-corrected chi connectivity index (χ0v) is 18.1. The molecule has 2 fully saturated rings. The third kappa shape index (κ3) is 3.58. The van der Waals surface area contributed by atoms with Crippen molar-refractivity contribution >= 4 is 45.2 Å². The van der Waals surface area contributed by atoms with Crippen molar-refractivity contribution in [2.24, 2.45) is 5.92 Å². The number of halogens is 1. The molecular formula is C25H19BrN2O3. The van der Waals surface area contributed by atoms with Gasteiger partial charge in [0.25, 0.3) is 5.91 Å². The summed E-state index contributed by atoms with van der Waals surface area (Å²) in [6.07, 6.45) is 3.05. The number of hydrogen-bond donors (Lipinski definition) is 0. The Hall–Kier alpha value is -3.22. The molecule has 0 spiro atoms. The molecule has 5 rings (SSSR count). The fraction of sp³-hybridized carbons (Fsp3) is 0.120. The van der Waals surface area contributed by atoms with E-state index in [0.717, 1.165) is 15.7 Å². The number of anilines is 2. The summed E-state index contributed by atoms with van der Waals surface area (Å²) in [7, 11) is 0. The first-order chi connectivity index (χ1) is 15.1. The Kier molecular flexibility index (Phi) is 5.18. The van der Waals surface area contributed by atoms with E-state index in [2.05, 4.69) is 15.9 Å². The second-order valence-electron chi connectivity index (χ2n) is 7.46. The molecule has 5 nitrogen and oxygen atoms in total. The van der Waals surface area contributed by atoms with Crippen LogP contribution in [0.15, 0.2) is 95.5 Å². The van der Waals surface area contributed by atoms with E-state index in [-0.39, 0.29) is 11.8 Å². The highest BCUT2D eigenvalue weighted by molar-refractivity contribution is 9.10. The average Bonchev–Trinajstić information content (AvgIpc) is 3.30. The summed E-state index contributed by atoms with van der Waals surface area (Å²) in [4.78, 5) is 34.0. The second kappa shape index (κ2) is 8.13. The van der Waals surface area contributed by atoms with E-state index in [1.165, 1.54) is 4.90 Å². The van der Waals surface area contributed by atoms with Crippen molar-refractivity contribution < 1.29 is 14.4 Å². The molecule has 0 bridgehead atoms. The summed E-state index contributed by atoms with van der Waals surface area (Å²) < 4.78 is 0.880. The number of hydroxylamine groups is 1. The van der Waals surface area contributed by atoms with Crippen molar-refractivity contribution in [3.63, 3.8) is 0 Å². The van der Waals surface area contributed by atoms with Crippen LogP contribution in [0.2, 0.25) is 0 Å². The van der Waals surface area contributed by atoms with Crippen LogP contribution in [0.4, 0.5) is 11.4 Å². The first-order valence-corrected chi connectivity index (χ1v) is 10.8. The molecule has 2 aliphatic heterocycles. The lowest BCUT2D eigenvalue weighted by molar-refractivity contribution is -0.126. The summed E-state index contributed by atoms with van der Waals surface area (Å²) >= 11 is 3.39. The van der Waals surface area contributed by atoms with Crippen molar-refractivity contribution in [1.29, 1.82) is 0 Å². The van der Waals surface area contributed by atoms with Gasteiger partial charge < -0.3 is 0 Å². The summed E-state index contributed by atoms with van der Waals surface area (Å²) in [5.74, 6) is -1.22. The second-order valence-corrected chi connectivity index (χ2v) is 8.38. The number of fused-ring (bicyclic) bond motifs is 1. The van der Waals surface area contributed by atoms with Gasteiger partial charge in [-0.15, -0.1) is 0 Å². The highest BCUT2D eigenvalue weighted by Gasteiger charge is 2.59. The quantitative estimate of drug-likeness (QED) is 0.507. The minimum absolute atomic E-state index is 0.251. The Labute approximate surface area is 188 Å². The fourth-order valence-electron chi connectivity index (χ4n) is 4.07. The van der Waals surface area contributed by atoms with Gasteiger partial charge in [0.15, 0.2) is 6.10 Å². The van der Waals surface area contributed by atoms with Crippen molar-refractivity contribution in [2.75, 3.05) is 9.96 Å². The molecule has 3 aromatic carbocycles. The van der Waals surface area contributed by atoms with Crippen molar-refractivity contribution in [3.05, 3.63) is 101 Å². The molecule has 0 N–H and O–H groups in total. The number of rotatable bonds is 4. The first-order valence-electron chi connectivity index (χ1n) is 10.0. The molecule has 2 saturated heterocycles. The first kappa shape index (κ1) is 19.7. The average molecular weight is 475 g/mol. The zero-order chi connectivity index (χ0) is 21.4. The van der Waals surface area contributed by atoms with Gasteiger partial charge in [0.2, 0.25) is 5.91 Å². The smallest absolute Gasteiger partial charge is 0.266 e. The van der Waals surface area contributed by atoms with Gasteiger partial charge in [0.05, 0.1) is 17.4 Å². The number of carbonyl (C=O) groups is 2. The summed E-state index contributed by atoms with van der Waals surface area (Å²) in [5, 5.41) is 1.68. The molecule has 0 aromatic heterocycles. The Morgan fingerprint density at radius 1 is 0.774 bits per heavy atom. The monoisotopic (exact) mass is 474 g/mol. The number of para-hydroxylation sites is 1. The maximum absolute atomic E-state index is 13.4. The van der Waals surface area contributed by atoms with Crippen molar-refractivity contribution in [2.45, 2.75) is 12.1 Å². The van der Waals surface area contributed by atoms with Crippen LogP contribution in [0.25, 0.3) is 6.08 Å². The molecule has 2 amide bonds. The van der Waals surface area contributed by atoms with E-state index in [1.54, 1.807) is 17.2 Å². The van der Waals surface area contributed by atoms with Crippen LogP contribution < -0.4 is 9.96 Å². The van der Waals surface area contributed by atoms with E-state index < -0.39 is 18.1 Å². The van der Waals surface area contributed by atoms with Crippen LogP contribution in [-0.2, 0) is 14.4 Å². The lowest BCUT2D eigenvalue weighted by atomic mass is 9.95. The maximum Gasteiger partial charge on any atom is 0.266 e. The van der Waals surface area contributed by atoms with Gasteiger partial charge in [0, 0.05) is 4.47 Å². The predicted molar refractivity (Wildman–Crippen MR) is 123 cm³/mol. The molecule has 3 unspecified atom stereocenters. The molecule has 3 aromatic rings. The van der Waals surface area contributed by atoms with Gasteiger partial charge in [-0.2, -0.15) is 0 Å². The molecule has 0 radical (unpaired) electrons. The third-order valence-corrected chi connectivity index (χ3v) is 6.07. The molecule has 2 aliphatic rings. The largest absolute Gasteiger partial charge is 0.273 e. The van der Waals surface area contributed by atoms with Crippen LogP contribution in [-0.4, -0.2) is 24.0 Å². The number of benzene rings is 3. The van der Waals surface area contributed by atoms with Crippen molar-refractivity contribution in [1.82, 2.24) is 0 Å². The topological polar surface area (TPSA) is 49.9 Å². The Morgan fingerprint density at radius 3 is 2.10 bits per heavy atom. The Balaban J connectivity index is 1.52. The molecule has 0 aliphatic carbocycles. The molecule has 6 heteroatoms. The third-order valence-electron chi connectivity index (χ3n) is 5.54. The van der Waals surface area contributed by atoms with Gasteiger partial charge in [0.1, 0.15) is 5.92 Å². The van der Waals surface area contributed by atoms with Gasteiger partial charge in [-0.05, 0) is 42.0 Å². The molecule has 3 atom stereocenters. The Morgan fingerprint density at radius 2 is 1.42 bits per heavy atom. The van der Waals surface area contributed by atoms with Gasteiger partial charge in [-0.1, -0.05) is 76.6 Å². The standard InChI is InChI=1S/C25H19BrN2O3/c26-18-12-14-19(15-13-18)27-24(29)22-21(16-11-17-7-3-1-4-8-17)28(31-23(22)25(27)30)20-9-5-2-6-10-20/h1-16,21-23H. The van der Waals surface area contributed by atoms with Gasteiger partial charge >= 0.3 is 0 Å². The number of carbonyl (C=O) groups excluding carboxylic acids is 2. The summed E-state index contributed by atoms with van der Waals surface area (Å²) in [5.41, 5.74) is 2.36. The SMILES string of the molecule is O=C1C2ON(c3ccccc3)C(C=Cc3ccccc3)C2C(=O)N1c1ccc(Br)cc1. The minimum Gasteiger partial charge on any atom is -0.273 e. The number of nitrogens with zero attached hydrogens (tertiary/aromatic N) is 2. The highest BCUT2D eigenvalue weighted by Crippen LogP contribution is 2.41. The predicted octanol–water partition coefficient (Wildman–Crippen LogP) is 4.84. The van der Waals surface area contributed by atoms with E-state index in [9.17, 15) is 9.59 Å². The van der Waals surface area contributed by atoms with Crippen molar-refractivity contribution in [3.8, 4) is 0 Å². The number of imide groups is 1. The molecule has 154 valence electrons. The highest BCUT2D eigenvalue weighted by atomic mass is 79.9. The fourth-order valence-corrected chi connectivity index (χ4v) is 4.33. The van der Waals surface area contributed by atoms with Crippen LogP contribution in [0, 0.1) is 5.92 Å². The normalized spacial score (nSPS) is 23.1. The molecule has 2 heterocycles.